The molecule has 0 aromatic carbocycles. The number of ether oxygens (including phenoxy) is 1. The van der Waals surface area contributed by atoms with Crippen LogP contribution in [0.25, 0.3) is 0 Å². The molecule has 0 spiro atoms. The predicted octanol–water partition coefficient (Wildman–Crippen LogP) is 1.81. The summed E-state index contributed by atoms with van der Waals surface area (Å²) in [5, 5.41) is 11.9. The van der Waals surface area contributed by atoms with Gasteiger partial charge >= 0.3 is 18.0 Å². The average Bonchev–Trinajstić information content (AvgIpc) is 2.87. The van der Waals surface area contributed by atoms with E-state index in [1.165, 1.54) is 23.3 Å². The molecule has 0 saturated carbocycles. The number of aliphatic carboxylic acids is 1. The third-order valence-electron chi connectivity index (χ3n) is 2.99. The first-order valence-electron chi connectivity index (χ1n) is 7.14. The molecule has 0 saturated heterocycles. The van der Waals surface area contributed by atoms with Gasteiger partial charge in [0.25, 0.3) is 0 Å². The van der Waals surface area contributed by atoms with E-state index in [9.17, 15) is 14.4 Å². The number of carbonyl (C=O) groups excluding carboxylic acids is 2. The number of urea groups is 1. The number of rotatable bonds is 7. The largest absolute Gasteiger partial charge is 0.481 e. The van der Waals surface area contributed by atoms with Crippen molar-refractivity contribution in [3.8, 4) is 0 Å². The minimum Gasteiger partial charge on any atom is -0.481 e. The molecule has 9 heteroatoms. The maximum atomic E-state index is 12.0. The summed E-state index contributed by atoms with van der Waals surface area (Å²) >= 11 is 1.17. The van der Waals surface area contributed by atoms with Crippen LogP contribution < -0.4 is 5.32 Å². The molecule has 0 aliphatic rings. The molecule has 0 fully saturated rings. The van der Waals surface area contributed by atoms with Crippen molar-refractivity contribution < 1.29 is 24.2 Å². The van der Waals surface area contributed by atoms with Gasteiger partial charge in [0.2, 0.25) is 0 Å². The highest BCUT2D eigenvalue weighted by molar-refractivity contribution is 7.13. The second-order valence-electron chi connectivity index (χ2n) is 4.92. The number of nitrogens with zero attached hydrogens (tertiary/aromatic N) is 2. The number of hydrogen-bond acceptors (Lipinski definition) is 6. The lowest BCUT2D eigenvalue weighted by molar-refractivity contribution is -0.137. The van der Waals surface area contributed by atoms with Gasteiger partial charge in [-0.1, -0.05) is 0 Å². The molecule has 2 N–H and O–H groups in total. The Morgan fingerprint density at radius 3 is 2.65 bits per heavy atom. The Morgan fingerprint density at radius 1 is 1.43 bits per heavy atom. The molecule has 0 aliphatic carbocycles. The molecular formula is C14H21N3O5S. The van der Waals surface area contributed by atoms with E-state index in [1.54, 1.807) is 20.8 Å². The minimum absolute atomic E-state index is 0.110. The van der Waals surface area contributed by atoms with E-state index in [0.717, 1.165) is 0 Å². The summed E-state index contributed by atoms with van der Waals surface area (Å²) in [6.45, 7) is 5.58. The van der Waals surface area contributed by atoms with Gasteiger partial charge < -0.3 is 20.1 Å². The summed E-state index contributed by atoms with van der Waals surface area (Å²) in [6, 6.07) is -0.800. The molecule has 0 radical (unpaired) electrons. The van der Waals surface area contributed by atoms with Crippen molar-refractivity contribution in [3.63, 3.8) is 0 Å². The van der Waals surface area contributed by atoms with Crippen molar-refractivity contribution in [1.82, 2.24) is 15.2 Å². The van der Waals surface area contributed by atoms with E-state index in [0.29, 0.717) is 15.6 Å². The quantitative estimate of drug-likeness (QED) is 0.731. The summed E-state index contributed by atoms with van der Waals surface area (Å²) in [6.07, 6.45) is -0.123. The topological polar surface area (TPSA) is 109 Å². The lowest BCUT2D eigenvalue weighted by Gasteiger charge is -2.19. The Morgan fingerprint density at radius 2 is 2.09 bits per heavy atom. The zero-order valence-corrected chi connectivity index (χ0v) is 14.4. The van der Waals surface area contributed by atoms with Crippen molar-refractivity contribution in [3.05, 3.63) is 15.6 Å². The molecule has 1 aromatic heterocycles. The van der Waals surface area contributed by atoms with E-state index in [2.05, 4.69) is 10.3 Å². The molecule has 8 nitrogen and oxygen atoms in total. The van der Waals surface area contributed by atoms with Crippen LogP contribution in [-0.2, 0) is 9.53 Å². The first-order chi connectivity index (χ1) is 10.8. The van der Waals surface area contributed by atoms with Crippen LogP contribution in [0.2, 0.25) is 0 Å². The average molecular weight is 343 g/mol. The molecule has 0 bridgehead atoms. The minimum atomic E-state index is -0.965. The maximum absolute atomic E-state index is 12.0. The van der Waals surface area contributed by atoms with Crippen LogP contribution in [0.5, 0.6) is 0 Å². The van der Waals surface area contributed by atoms with Crippen molar-refractivity contribution in [2.75, 3.05) is 20.2 Å². The Labute approximate surface area is 138 Å². The molecule has 1 heterocycles. The lowest BCUT2D eigenvalue weighted by atomic mass is 10.3. The van der Waals surface area contributed by atoms with Crippen LogP contribution in [-0.4, -0.2) is 53.2 Å². The highest BCUT2D eigenvalue weighted by atomic mass is 32.1. The van der Waals surface area contributed by atoms with Gasteiger partial charge in [0.15, 0.2) is 0 Å². The number of nitrogens with one attached hydrogen (secondary N) is 1. The van der Waals surface area contributed by atoms with Crippen molar-refractivity contribution in [2.24, 2.45) is 0 Å². The molecule has 128 valence electrons. The van der Waals surface area contributed by atoms with E-state index >= 15 is 0 Å². The highest BCUT2D eigenvalue weighted by Gasteiger charge is 2.21. The fraction of sp³-hybridized carbons (Fsp3) is 0.571. The van der Waals surface area contributed by atoms with Gasteiger partial charge in [0.1, 0.15) is 9.88 Å². The molecule has 2 amide bonds. The van der Waals surface area contributed by atoms with Crippen molar-refractivity contribution >= 4 is 29.3 Å². The number of carboxylic acids is 1. The van der Waals surface area contributed by atoms with Crippen molar-refractivity contribution in [2.45, 2.75) is 33.2 Å². The standard InChI is InChI=1S/C14H21N3O5S/c1-5-22-13(20)11-8(2)15-12(23-11)9(3)16-14(21)17(4)7-6-10(18)19/h9H,5-7H2,1-4H3,(H,16,21)(H,18,19). The summed E-state index contributed by atoms with van der Waals surface area (Å²) in [5.41, 5.74) is 0.559. The fourth-order valence-electron chi connectivity index (χ4n) is 1.71. The smallest absolute Gasteiger partial charge is 0.350 e. The number of carboxylic acid groups (broad SMARTS) is 1. The lowest BCUT2D eigenvalue weighted by Crippen LogP contribution is -2.39. The second-order valence-corrected chi connectivity index (χ2v) is 5.95. The molecule has 1 unspecified atom stereocenters. The van der Waals surface area contributed by atoms with Crippen LogP contribution in [0.15, 0.2) is 0 Å². The highest BCUT2D eigenvalue weighted by Crippen LogP contribution is 2.24. The molecule has 23 heavy (non-hydrogen) atoms. The number of aryl methyl sites for hydroxylation is 1. The summed E-state index contributed by atoms with van der Waals surface area (Å²) in [4.78, 5) is 40.3. The summed E-state index contributed by atoms with van der Waals surface area (Å²) < 4.78 is 4.96. The third-order valence-corrected chi connectivity index (χ3v) is 4.31. The van der Waals surface area contributed by atoms with Crippen molar-refractivity contribution in [1.29, 1.82) is 0 Å². The van der Waals surface area contributed by atoms with E-state index in [-0.39, 0.29) is 19.6 Å². The third kappa shape index (κ3) is 5.51. The monoisotopic (exact) mass is 343 g/mol. The van der Waals surface area contributed by atoms with Crippen LogP contribution in [0.1, 0.15) is 46.7 Å². The number of aromatic nitrogens is 1. The van der Waals surface area contributed by atoms with Crippen LogP contribution in [0, 0.1) is 6.92 Å². The normalized spacial score (nSPS) is 11.7. The number of carbonyl (C=O) groups is 3. The van der Waals surface area contributed by atoms with Gasteiger partial charge in [0.05, 0.1) is 24.8 Å². The number of amides is 2. The van der Waals surface area contributed by atoms with E-state index in [4.69, 9.17) is 9.84 Å². The SMILES string of the molecule is CCOC(=O)c1sc(C(C)NC(=O)N(C)CCC(=O)O)nc1C. The molecule has 1 atom stereocenters. The second kappa shape index (κ2) is 8.47. The zero-order chi connectivity index (χ0) is 17.6. The van der Waals surface area contributed by atoms with E-state index < -0.39 is 24.0 Å². The predicted molar refractivity (Wildman–Crippen MR) is 84.6 cm³/mol. The Balaban J connectivity index is 2.69. The number of esters is 1. The van der Waals surface area contributed by atoms with Crippen LogP contribution in [0.3, 0.4) is 0 Å². The first-order valence-corrected chi connectivity index (χ1v) is 7.95. The Hall–Kier alpha value is -2.16. The van der Waals surface area contributed by atoms with Crippen LogP contribution in [0.4, 0.5) is 4.79 Å². The Bertz CT molecular complexity index is 587. The summed E-state index contributed by atoms with van der Waals surface area (Å²) in [5.74, 6) is -1.39. The number of thiazole rings is 1. The van der Waals surface area contributed by atoms with Gasteiger partial charge in [0, 0.05) is 13.6 Å². The first kappa shape index (κ1) is 18.9. The van der Waals surface area contributed by atoms with Gasteiger partial charge in [-0.2, -0.15) is 0 Å². The molecular weight excluding hydrogens is 322 g/mol. The fourth-order valence-corrected chi connectivity index (χ4v) is 2.67. The molecule has 1 rings (SSSR count). The van der Waals surface area contributed by atoms with E-state index in [1.807, 2.05) is 0 Å². The maximum Gasteiger partial charge on any atom is 0.350 e. The van der Waals surface area contributed by atoms with Gasteiger partial charge in [-0.25, -0.2) is 14.6 Å². The molecule has 1 aromatic rings. The molecule has 0 aliphatic heterocycles. The Kier molecular flexibility index (Phi) is 6.95. The van der Waals surface area contributed by atoms with Gasteiger partial charge in [-0.15, -0.1) is 11.3 Å². The zero-order valence-electron chi connectivity index (χ0n) is 13.6. The van der Waals surface area contributed by atoms with Gasteiger partial charge in [-0.3, -0.25) is 4.79 Å². The van der Waals surface area contributed by atoms with Gasteiger partial charge in [-0.05, 0) is 20.8 Å². The number of hydrogen-bond donors (Lipinski definition) is 2. The summed E-state index contributed by atoms with van der Waals surface area (Å²) in [7, 11) is 1.52. The van der Waals surface area contributed by atoms with Crippen LogP contribution >= 0.6 is 11.3 Å².